The van der Waals surface area contributed by atoms with Gasteiger partial charge in [0.1, 0.15) is 11.9 Å². The number of fused-ring (bicyclic) bond motifs is 2. The van der Waals surface area contributed by atoms with Crippen molar-refractivity contribution in [3.05, 3.63) is 85.1 Å². The quantitative estimate of drug-likeness (QED) is 0.190. The number of carbonyl (C=O) groups is 1. The Bertz CT molecular complexity index is 1560. The van der Waals surface area contributed by atoms with Crippen LogP contribution in [0.1, 0.15) is 92.4 Å². The highest BCUT2D eigenvalue weighted by molar-refractivity contribution is 5.79. The van der Waals surface area contributed by atoms with Gasteiger partial charge in [0.15, 0.2) is 12.1 Å². The van der Waals surface area contributed by atoms with Crippen molar-refractivity contribution in [2.45, 2.75) is 184 Å². The topological polar surface area (TPSA) is 273 Å². The number of hydrogen-bond donors (Lipinski definition) is 11. The molecule has 0 radical (unpaired) electrons. The predicted octanol–water partition coefficient (Wildman–Crippen LogP) is 2.31. The summed E-state index contributed by atoms with van der Waals surface area (Å²) in [6, 6.07) is -1.05. The number of carbonyl (C=O) groups excluding carboxylic acids is 1. The highest BCUT2D eigenvalue weighted by atomic mass is 16.7. The minimum atomic E-state index is -2.07. The molecule has 0 amide bonds. The first-order valence-electron chi connectivity index (χ1n) is 22.5. The molecule has 3 heterocycles. The van der Waals surface area contributed by atoms with Crippen molar-refractivity contribution in [3.8, 4) is 0 Å². The van der Waals surface area contributed by atoms with Crippen LogP contribution < -0.4 is 5.73 Å². The monoisotopic (exact) mass is 892 g/mol. The second kappa shape index (κ2) is 27.1. The lowest BCUT2D eigenvalue weighted by Crippen LogP contribution is -2.61. The van der Waals surface area contributed by atoms with E-state index in [0.29, 0.717) is 0 Å². The molecular weight excluding hydrogens is 815 g/mol. The number of Topliss-reactive ketones (excluding diaryl/α,β-unsaturated/α-hetero) is 1. The van der Waals surface area contributed by atoms with E-state index < -0.39 is 104 Å². The van der Waals surface area contributed by atoms with E-state index in [9.17, 15) is 55.9 Å². The lowest BCUT2D eigenvalue weighted by Gasteiger charge is -2.46. The summed E-state index contributed by atoms with van der Waals surface area (Å²) in [6.45, 7) is 9.01. The van der Waals surface area contributed by atoms with Crippen LogP contribution in [0.3, 0.4) is 0 Å². The number of rotatable bonds is 2. The Hall–Kier alpha value is -2.71. The zero-order chi connectivity index (χ0) is 46.9. The van der Waals surface area contributed by atoms with E-state index in [1.807, 2.05) is 81.5 Å². The van der Waals surface area contributed by atoms with Crippen LogP contribution in [-0.4, -0.2) is 148 Å². The Morgan fingerprint density at radius 2 is 1.14 bits per heavy atom. The third-order valence-electron chi connectivity index (χ3n) is 12.6. The lowest BCUT2D eigenvalue weighted by atomic mass is 9.81. The maximum absolute atomic E-state index is 12.8. The van der Waals surface area contributed by atoms with Crippen LogP contribution >= 0.6 is 0 Å². The van der Waals surface area contributed by atoms with Gasteiger partial charge in [-0.05, 0) is 44.4 Å². The van der Waals surface area contributed by atoms with Gasteiger partial charge in [0.2, 0.25) is 0 Å². The summed E-state index contributed by atoms with van der Waals surface area (Å²) in [7, 11) is 0. The molecule has 0 aromatic rings. The molecule has 63 heavy (non-hydrogen) atoms. The molecule has 12 N–H and O–H groups in total. The van der Waals surface area contributed by atoms with Gasteiger partial charge in [0, 0.05) is 43.9 Å². The number of hydrogen-bond acceptors (Lipinski definition) is 15. The van der Waals surface area contributed by atoms with Crippen LogP contribution in [0, 0.1) is 23.7 Å². The van der Waals surface area contributed by atoms with Crippen LogP contribution in [0.2, 0.25) is 0 Å². The van der Waals surface area contributed by atoms with Crippen molar-refractivity contribution < 1.29 is 70.1 Å². The molecule has 0 aromatic heterocycles. The first-order chi connectivity index (χ1) is 29.7. The second-order valence-electron chi connectivity index (χ2n) is 18.1. The van der Waals surface area contributed by atoms with Gasteiger partial charge in [-0.3, -0.25) is 4.79 Å². The highest BCUT2D eigenvalue weighted by Crippen LogP contribution is 2.38. The molecule has 0 aromatic carbocycles. The summed E-state index contributed by atoms with van der Waals surface area (Å²) in [4.78, 5) is 12.8. The Morgan fingerprint density at radius 1 is 0.603 bits per heavy atom. The van der Waals surface area contributed by atoms with Crippen molar-refractivity contribution in [3.63, 3.8) is 0 Å². The molecule has 2 fully saturated rings. The smallest absolute Gasteiger partial charge is 0.186 e. The standard InChI is InChI=1S/C48H77NO14/c1-29-18-16-14-12-10-8-6-7-9-11-13-15-17-19-38(62-47-46(59)43(49)45(58)33(5)61-47)26-42-32(4)40(55)27-48(60,63-42)28-41(56)39(54)21-20-34(50)23-36(52)25-37(53)24-35(51)22-30(2)31(3)44(29)57/h6-19,29-34,36-47,50,52-60H,20-28,49H2,1-5H3/b7-6+,10-8+,11-9+,14-12+,15-13+,18-16+,19-17+/t29-,30+,31-,32+,33+,34+,36+,37-,38-,39+,40-,41+,42-,43-,44+,45+,46-,47-,48-/m0/s1. The van der Waals surface area contributed by atoms with E-state index in [1.165, 1.54) is 0 Å². The van der Waals surface area contributed by atoms with Crippen molar-refractivity contribution in [2.75, 3.05) is 0 Å². The summed E-state index contributed by atoms with van der Waals surface area (Å²) >= 11 is 0. The number of ketones is 1. The van der Waals surface area contributed by atoms with Gasteiger partial charge in [-0.1, -0.05) is 113 Å². The molecule has 3 rings (SSSR count). The number of allylic oxidation sites excluding steroid dienone is 12. The van der Waals surface area contributed by atoms with E-state index in [-0.39, 0.29) is 74.9 Å². The molecular formula is C48H77NO14. The molecule has 358 valence electrons. The van der Waals surface area contributed by atoms with Crippen LogP contribution in [-0.2, 0) is 19.0 Å². The molecule has 0 aliphatic carbocycles. The maximum Gasteiger partial charge on any atom is 0.186 e. The highest BCUT2D eigenvalue weighted by Gasteiger charge is 2.47. The molecule has 3 aliphatic heterocycles. The SMILES string of the molecule is C[C@@H]1[C@H](O)[C@@H](C)/C=C/C=C/C=C/C=C/C=C/C=C/C=C/[C@H](O[C@@H]2O[C@H](C)[C@@H](O)[C@H](N)[C@@H]2O)C[C@@H]2O[C@](O)(C[C@@H](O)[C@H](O)CC[C@@H](O)C[C@@H](O)C[C@@H](O)CC(=O)C[C@H]1C)C[C@H](O)[C@H]2C. The first-order valence-corrected chi connectivity index (χ1v) is 22.5. The summed E-state index contributed by atoms with van der Waals surface area (Å²) in [5, 5.41) is 108. The summed E-state index contributed by atoms with van der Waals surface area (Å²) in [6.07, 6.45) is 9.97. The van der Waals surface area contributed by atoms with Gasteiger partial charge >= 0.3 is 0 Å². The lowest BCUT2D eigenvalue weighted by molar-refractivity contribution is -0.310. The molecule has 15 heteroatoms. The minimum Gasteiger partial charge on any atom is -0.393 e. The second-order valence-corrected chi connectivity index (χ2v) is 18.1. The van der Waals surface area contributed by atoms with Crippen LogP contribution in [0.15, 0.2) is 85.1 Å². The van der Waals surface area contributed by atoms with Gasteiger partial charge in [0.05, 0.1) is 73.2 Å². The Balaban J connectivity index is 1.81. The van der Waals surface area contributed by atoms with Crippen molar-refractivity contribution >= 4 is 5.78 Å². The van der Waals surface area contributed by atoms with Gasteiger partial charge < -0.3 is 71.0 Å². The fourth-order valence-electron chi connectivity index (χ4n) is 8.19. The average Bonchev–Trinajstić information content (AvgIpc) is 3.21. The fraction of sp³-hybridized carbons (Fsp3) is 0.688. The van der Waals surface area contributed by atoms with E-state index in [2.05, 4.69) is 0 Å². The summed E-state index contributed by atoms with van der Waals surface area (Å²) < 4.78 is 18.1. The Labute approximate surface area is 373 Å². The number of aliphatic hydroxyl groups is 10. The normalized spacial score (nSPS) is 46.8. The third-order valence-corrected chi connectivity index (χ3v) is 12.6. The molecule has 2 saturated heterocycles. The van der Waals surface area contributed by atoms with Crippen molar-refractivity contribution in [2.24, 2.45) is 29.4 Å². The van der Waals surface area contributed by atoms with Crippen molar-refractivity contribution in [1.29, 1.82) is 0 Å². The van der Waals surface area contributed by atoms with Crippen LogP contribution in [0.25, 0.3) is 0 Å². The summed E-state index contributed by atoms with van der Waals surface area (Å²) in [5.74, 6) is -3.36. The molecule has 15 nitrogen and oxygen atoms in total. The number of aliphatic hydroxyl groups excluding tert-OH is 9. The maximum atomic E-state index is 12.8. The van der Waals surface area contributed by atoms with Gasteiger partial charge in [-0.2, -0.15) is 0 Å². The number of nitrogens with two attached hydrogens (primary N) is 1. The van der Waals surface area contributed by atoms with Crippen LogP contribution in [0.4, 0.5) is 0 Å². The van der Waals surface area contributed by atoms with Gasteiger partial charge in [-0.15, -0.1) is 0 Å². The molecule has 19 atom stereocenters. The molecule has 2 bridgehead atoms. The zero-order valence-electron chi connectivity index (χ0n) is 37.5. The molecule has 0 saturated carbocycles. The zero-order valence-corrected chi connectivity index (χ0v) is 37.5. The van der Waals surface area contributed by atoms with Crippen molar-refractivity contribution in [1.82, 2.24) is 0 Å². The largest absolute Gasteiger partial charge is 0.393 e. The average molecular weight is 892 g/mol. The Kier molecular flexibility index (Phi) is 23.5. The predicted molar refractivity (Wildman–Crippen MR) is 238 cm³/mol. The van der Waals surface area contributed by atoms with Gasteiger partial charge in [0.25, 0.3) is 0 Å². The molecule has 3 aliphatic rings. The van der Waals surface area contributed by atoms with Crippen LogP contribution in [0.5, 0.6) is 0 Å². The van der Waals surface area contributed by atoms with E-state index >= 15 is 0 Å². The Morgan fingerprint density at radius 3 is 1.75 bits per heavy atom. The number of ether oxygens (including phenoxy) is 3. The van der Waals surface area contributed by atoms with E-state index in [0.717, 1.165) is 0 Å². The van der Waals surface area contributed by atoms with Gasteiger partial charge in [-0.25, -0.2) is 0 Å². The minimum absolute atomic E-state index is 0.0365. The molecule has 0 unspecified atom stereocenters. The van der Waals surface area contributed by atoms with E-state index in [4.69, 9.17) is 19.9 Å². The summed E-state index contributed by atoms with van der Waals surface area (Å²) in [5.41, 5.74) is 6.06. The molecule has 0 spiro atoms. The first kappa shape index (κ1) is 54.6. The third kappa shape index (κ3) is 18.6. The van der Waals surface area contributed by atoms with E-state index in [1.54, 1.807) is 38.2 Å². The fourth-order valence-corrected chi connectivity index (χ4v) is 8.19.